The standard InChI is InChI=1S/C38H38O6/c1-22(2)5-13-28-31(40)18-24(19-32(28)41)7-6-23-8-14-34-30(17-23)36(37(43-34)25-9-11-27(39)12-10-25)26-20-33(42)29-15-16-38(3,4)44-35(29)21-26/h5-12,14,17-21,36-37,39-42H,13,15-16H2,1-4H3/b7-6+/t36-,37+/m0/s1. The molecule has 0 saturated carbocycles. The monoisotopic (exact) mass is 590 g/mol. The van der Waals surface area contributed by atoms with E-state index >= 15 is 0 Å². The van der Waals surface area contributed by atoms with Crippen LogP contribution in [0.1, 0.15) is 85.1 Å². The molecule has 6 nitrogen and oxygen atoms in total. The molecular weight excluding hydrogens is 552 g/mol. The molecule has 0 fully saturated rings. The van der Waals surface area contributed by atoms with Gasteiger partial charge in [-0.3, -0.25) is 0 Å². The molecule has 0 amide bonds. The van der Waals surface area contributed by atoms with E-state index in [0.717, 1.165) is 52.0 Å². The second kappa shape index (κ2) is 11.3. The SMILES string of the molecule is CC(C)=CCc1c(O)cc(/C=C/c2ccc3c(c2)[C@H](c2cc(O)c4c(c2)OC(C)(C)CC4)[C@@H](c2ccc(O)cc2)O3)cc1O. The Hall–Kier alpha value is -4.84. The van der Waals surface area contributed by atoms with Crippen molar-refractivity contribution in [2.45, 2.75) is 64.6 Å². The number of hydrogen-bond donors (Lipinski definition) is 4. The van der Waals surface area contributed by atoms with Crippen LogP contribution in [0.5, 0.6) is 34.5 Å². The smallest absolute Gasteiger partial charge is 0.135 e. The Balaban J connectivity index is 1.38. The summed E-state index contributed by atoms with van der Waals surface area (Å²) in [4.78, 5) is 0. The average Bonchev–Trinajstić information content (AvgIpc) is 3.34. The van der Waals surface area contributed by atoms with Crippen LogP contribution in [0, 0.1) is 0 Å². The number of fused-ring (bicyclic) bond motifs is 2. The summed E-state index contributed by atoms with van der Waals surface area (Å²) in [5.41, 5.74) is 6.43. The third-order valence-corrected chi connectivity index (χ3v) is 8.49. The minimum absolute atomic E-state index is 0.0546. The van der Waals surface area contributed by atoms with Crippen LogP contribution in [0.4, 0.5) is 0 Å². The fourth-order valence-electron chi connectivity index (χ4n) is 6.08. The van der Waals surface area contributed by atoms with Gasteiger partial charge in [0.15, 0.2) is 0 Å². The predicted molar refractivity (Wildman–Crippen MR) is 173 cm³/mol. The molecule has 44 heavy (non-hydrogen) atoms. The Labute approximate surface area is 258 Å². The number of phenolic OH excluding ortho intramolecular Hbond substituents is 4. The normalized spacial score (nSPS) is 18.3. The number of hydrogen-bond acceptors (Lipinski definition) is 6. The number of phenols is 4. The minimum Gasteiger partial charge on any atom is -0.508 e. The van der Waals surface area contributed by atoms with E-state index in [2.05, 4.69) is 19.9 Å². The Kier molecular flexibility index (Phi) is 7.54. The Morgan fingerprint density at radius 3 is 2.20 bits per heavy atom. The molecule has 4 N–H and O–H groups in total. The fourth-order valence-corrected chi connectivity index (χ4v) is 6.08. The van der Waals surface area contributed by atoms with Crippen LogP contribution < -0.4 is 9.47 Å². The maximum atomic E-state index is 11.1. The van der Waals surface area contributed by atoms with Crippen LogP contribution in [-0.4, -0.2) is 26.0 Å². The molecule has 4 aromatic rings. The van der Waals surface area contributed by atoms with Gasteiger partial charge in [-0.05, 0) is 118 Å². The molecule has 2 aliphatic rings. The zero-order chi connectivity index (χ0) is 31.2. The molecule has 2 atom stereocenters. The molecule has 0 bridgehead atoms. The quantitative estimate of drug-likeness (QED) is 0.133. The fraction of sp³-hybridized carbons (Fsp3) is 0.263. The molecule has 0 aromatic heterocycles. The zero-order valence-corrected chi connectivity index (χ0v) is 25.5. The Morgan fingerprint density at radius 2 is 1.50 bits per heavy atom. The average molecular weight is 591 g/mol. The van der Waals surface area contributed by atoms with Gasteiger partial charge < -0.3 is 29.9 Å². The van der Waals surface area contributed by atoms with E-state index in [9.17, 15) is 20.4 Å². The molecule has 6 heteroatoms. The van der Waals surface area contributed by atoms with E-state index in [1.807, 2.05) is 68.5 Å². The molecular formula is C38H38O6. The lowest BCUT2D eigenvalue weighted by Crippen LogP contribution is -2.32. The number of rotatable bonds is 6. The van der Waals surface area contributed by atoms with E-state index in [0.29, 0.717) is 23.3 Å². The second-order valence-electron chi connectivity index (χ2n) is 12.6. The summed E-state index contributed by atoms with van der Waals surface area (Å²) in [5, 5.41) is 42.2. The first-order valence-electron chi connectivity index (χ1n) is 15.0. The number of ether oxygens (including phenoxy) is 2. The molecule has 0 saturated heterocycles. The Morgan fingerprint density at radius 1 is 0.795 bits per heavy atom. The van der Waals surface area contributed by atoms with Crippen LogP contribution in [0.2, 0.25) is 0 Å². The van der Waals surface area contributed by atoms with Crippen molar-refractivity contribution in [2.75, 3.05) is 0 Å². The van der Waals surface area contributed by atoms with Crippen molar-refractivity contribution in [3.8, 4) is 34.5 Å². The van der Waals surface area contributed by atoms with E-state index in [-0.39, 0.29) is 40.6 Å². The van der Waals surface area contributed by atoms with Gasteiger partial charge in [0.2, 0.25) is 0 Å². The van der Waals surface area contributed by atoms with Crippen molar-refractivity contribution >= 4 is 12.2 Å². The third kappa shape index (κ3) is 5.85. The van der Waals surface area contributed by atoms with Gasteiger partial charge in [-0.2, -0.15) is 0 Å². The van der Waals surface area contributed by atoms with Gasteiger partial charge in [0.1, 0.15) is 46.2 Å². The summed E-state index contributed by atoms with van der Waals surface area (Å²) in [6, 6.07) is 20.2. The number of benzene rings is 4. The van der Waals surface area contributed by atoms with E-state index in [4.69, 9.17) is 9.47 Å². The largest absolute Gasteiger partial charge is 0.508 e. The van der Waals surface area contributed by atoms with Crippen LogP contribution >= 0.6 is 0 Å². The molecule has 0 unspecified atom stereocenters. The van der Waals surface area contributed by atoms with Crippen LogP contribution in [-0.2, 0) is 12.8 Å². The minimum atomic E-state index is -0.388. The first-order valence-corrected chi connectivity index (χ1v) is 15.0. The second-order valence-corrected chi connectivity index (χ2v) is 12.6. The lowest BCUT2D eigenvalue weighted by atomic mass is 9.83. The van der Waals surface area contributed by atoms with Crippen molar-refractivity contribution < 1.29 is 29.9 Å². The summed E-state index contributed by atoms with van der Waals surface area (Å²) in [5.74, 6) is 1.68. The topological polar surface area (TPSA) is 99.4 Å². The van der Waals surface area contributed by atoms with Gasteiger partial charge >= 0.3 is 0 Å². The number of aromatic hydroxyl groups is 4. The van der Waals surface area contributed by atoms with Gasteiger partial charge in [-0.15, -0.1) is 0 Å². The summed E-state index contributed by atoms with van der Waals surface area (Å²) >= 11 is 0. The lowest BCUT2D eigenvalue weighted by molar-refractivity contribution is 0.0835. The van der Waals surface area contributed by atoms with Crippen molar-refractivity contribution in [3.63, 3.8) is 0 Å². The zero-order valence-electron chi connectivity index (χ0n) is 25.5. The Bertz CT molecular complexity index is 1750. The summed E-state index contributed by atoms with van der Waals surface area (Å²) in [7, 11) is 0. The van der Waals surface area contributed by atoms with Gasteiger partial charge in [0, 0.05) is 16.7 Å². The van der Waals surface area contributed by atoms with Gasteiger partial charge in [0.25, 0.3) is 0 Å². The van der Waals surface area contributed by atoms with Crippen LogP contribution in [0.15, 0.2) is 78.4 Å². The highest BCUT2D eigenvalue weighted by molar-refractivity contribution is 5.73. The van der Waals surface area contributed by atoms with Crippen molar-refractivity contribution in [3.05, 3.63) is 117 Å². The van der Waals surface area contributed by atoms with E-state index < -0.39 is 0 Å². The molecule has 0 aliphatic carbocycles. The summed E-state index contributed by atoms with van der Waals surface area (Å²) in [6.07, 6.45) is 7.39. The number of allylic oxidation sites excluding steroid dienone is 2. The summed E-state index contributed by atoms with van der Waals surface area (Å²) < 4.78 is 12.8. The van der Waals surface area contributed by atoms with E-state index in [1.54, 1.807) is 24.3 Å². The highest BCUT2D eigenvalue weighted by Gasteiger charge is 2.38. The maximum Gasteiger partial charge on any atom is 0.135 e. The van der Waals surface area contributed by atoms with Gasteiger partial charge in [-0.1, -0.05) is 42.0 Å². The maximum absolute atomic E-state index is 11.1. The molecule has 2 heterocycles. The highest BCUT2D eigenvalue weighted by atomic mass is 16.5. The molecule has 0 radical (unpaired) electrons. The van der Waals surface area contributed by atoms with Crippen molar-refractivity contribution in [1.82, 2.24) is 0 Å². The molecule has 2 aliphatic heterocycles. The highest BCUT2D eigenvalue weighted by Crippen LogP contribution is 2.52. The first kappa shape index (κ1) is 29.2. The molecule has 6 rings (SSSR count). The van der Waals surface area contributed by atoms with Crippen molar-refractivity contribution in [2.24, 2.45) is 0 Å². The van der Waals surface area contributed by atoms with Gasteiger partial charge in [-0.25, -0.2) is 0 Å². The molecule has 4 aromatic carbocycles. The molecule has 226 valence electrons. The van der Waals surface area contributed by atoms with Crippen LogP contribution in [0.25, 0.3) is 12.2 Å². The summed E-state index contributed by atoms with van der Waals surface area (Å²) in [6.45, 7) is 8.07. The molecule has 0 spiro atoms. The van der Waals surface area contributed by atoms with Crippen LogP contribution in [0.3, 0.4) is 0 Å². The van der Waals surface area contributed by atoms with E-state index in [1.165, 1.54) is 0 Å². The van der Waals surface area contributed by atoms with Gasteiger partial charge in [0.05, 0.1) is 5.92 Å². The third-order valence-electron chi connectivity index (χ3n) is 8.49. The van der Waals surface area contributed by atoms with Crippen molar-refractivity contribution in [1.29, 1.82) is 0 Å². The first-order chi connectivity index (χ1) is 21.0. The lowest BCUT2D eigenvalue weighted by Gasteiger charge is -2.33. The predicted octanol–water partition coefficient (Wildman–Crippen LogP) is 8.56.